The van der Waals surface area contributed by atoms with Crippen molar-refractivity contribution < 1.29 is 5.11 Å². The van der Waals surface area contributed by atoms with Crippen LogP contribution in [-0.2, 0) is 13.1 Å². The van der Waals surface area contributed by atoms with Gasteiger partial charge in [0.25, 0.3) is 0 Å². The van der Waals surface area contributed by atoms with E-state index in [4.69, 9.17) is 0 Å². The Hall–Kier alpha value is -0.860. The van der Waals surface area contributed by atoms with Crippen LogP contribution in [-0.4, -0.2) is 16.0 Å². The van der Waals surface area contributed by atoms with Crippen molar-refractivity contribution in [1.82, 2.24) is 4.90 Å². The normalized spacial score (nSPS) is 22.8. The molecule has 1 aliphatic carbocycles. The molecule has 0 amide bonds. The number of aliphatic hydroxyl groups is 1. The second-order valence-corrected chi connectivity index (χ2v) is 4.84. The second kappa shape index (κ2) is 3.32. The number of hydrogen-bond donors (Lipinski definition) is 1. The first-order valence-electron chi connectivity index (χ1n) is 5.78. The van der Waals surface area contributed by atoms with Crippen LogP contribution < -0.4 is 0 Å². The van der Waals surface area contributed by atoms with Gasteiger partial charge >= 0.3 is 0 Å². The maximum absolute atomic E-state index is 9.53. The van der Waals surface area contributed by atoms with Crippen molar-refractivity contribution in [3.63, 3.8) is 0 Å². The van der Waals surface area contributed by atoms with Gasteiger partial charge in [-0.05, 0) is 36.5 Å². The van der Waals surface area contributed by atoms with Gasteiger partial charge in [0, 0.05) is 19.1 Å². The molecule has 0 spiro atoms. The highest BCUT2D eigenvalue weighted by molar-refractivity contribution is 5.35. The molecule has 2 aliphatic rings. The van der Waals surface area contributed by atoms with Crippen molar-refractivity contribution in [1.29, 1.82) is 0 Å². The van der Waals surface area contributed by atoms with Gasteiger partial charge in [-0.1, -0.05) is 18.2 Å². The quantitative estimate of drug-likeness (QED) is 0.796. The van der Waals surface area contributed by atoms with Crippen LogP contribution in [0.2, 0.25) is 0 Å². The lowest BCUT2D eigenvalue weighted by atomic mass is 10.0. The van der Waals surface area contributed by atoms with E-state index in [2.05, 4.69) is 23.1 Å². The zero-order chi connectivity index (χ0) is 10.4. The van der Waals surface area contributed by atoms with Gasteiger partial charge in [0.1, 0.15) is 0 Å². The number of nitrogens with zero attached hydrogens (tertiary/aromatic N) is 1. The summed E-state index contributed by atoms with van der Waals surface area (Å²) in [6.45, 7) is 4.02. The van der Waals surface area contributed by atoms with Crippen molar-refractivity contribution >= 4 is 0 Å². The summed E-state index contributed by atoms with van der Waals surface area (Å²) in [7, 11) is 0. The molecule has 1 fully saturated rings. The van der Waals surface area contributed by atoms with Gasteiger partial charge in [0.05, 0.1) is 6.10 Å². The Kier molecular flexibility index (Phi) is 2.08. The third kappa shape index (κ3) is 1.68. The standard InChI is InChI=1S/C13H17NO/c1-9(15)10-2-3-11-7-14(13-4-5-13)8-12(11)6-10/h2-3,6,9,13,15H,4-5,7-8H2,1H3. The van der Waals surface area contributed by atoms with Crippen LogP contribution in [0, 0.1) is 0 Å². The van der Waals surface area contributed by atoms with E-state index < -0.39 is 0 Å². The highest BCUT2D eigenvalue weighted by atomic mass is 16.3. The summed E-state index contributed by atoms with van der Waals surface area (Å²) < 4.78 is 0. The molecule has 1 aromatic carbocycles. The number of benzene rings is 1. The highest BCUT2D eigenvalue weighted by Crippen LogP contribution is 2.35. The van der Waals surface area contributed by atoms with E-state index in [1.807, 2.05) is 6.92 Å². The van der Waals surface area contributed by atoms with Crippen LogP contribution in [0.25, 0.3) is 0 Å². The van der Waals surface area contributed by atoms with Gasteiger partial charge in [0.2, 0.25) is 0 Å². The monoisotopic (exact) mass is 203 g/mol. The van der Waals surface area contributed by atoms with Crippen LogP contribution in [0.3, 0.4) is 0 Å². The first kappa shape index (κ1) is 9.37. The Morgan fingerprint density at radius 1 is 1.27 bits per heavy atom. The van der Waals surface area contributed by atoms with E-state index in [0.29, 0.717) is 0 Å². The number of hydrogen-bond acceptors (Lipinski definition) is 2. The van der Waals surface area contributed by atoms with Gasteiger partial charge in [-0.2, -0.15) is 0 Å². The molecule has 1 aliphatic heterocycles. The largest absolute Gasteiger partial charge is 0.389 e. The van der Waals surface area contributed by atoms with E-state index in [0.717, 1.165) is 24.7 Å². The maximum atomic E-state index is 9.53. The van der Waals surface area contributed by atoms with Crippen molar-refractivity contribution in [2.75, 3.05) is 0 Å². The molecule has 0 radical (unpaired) electrons. The minimum atomic E-state index is -0.342. The van der Waals surface area contributed by atoms with Crippen LogP contribution in [0.15, 0.2) is 18.2 Å². The minimum Gasteiger partial charge on any atom is -0.389 e. The lowest BCUT2D eigenvalue weighted by molar-refractivity contribution is 0.199. The molecule has 1 atom stereocenters. The third-order valence-corrected chi connectivity index (χ3v) is 3.52. The smallest absolute Gasteiger partial charge is 0.0762 e. The Labute approximate surface area is 90.5 Å². The van der Waals surface area contributed by atoms with E-state index >= 15 is 0 Å². The van der Waals surface area contributed by atoms with Gasteiger partial charge in [-0.3, -0.25) is 4.90 Å². The Morgan fingerprint density at radius 3 is 2.67 bits per heavy atom. The molecule has 15 heavy (non-hydrogen) atoms. The summed E-state index contributed by atoms with van der Waals surface area (Å²) in [5.41, 5.74) is 3.91. The summed E-state index contributed by atoms with van der Waals surface area (Å²) >= 11 is 0. The van der Waals surface area contributed by atoms with E-state index in [1.54, 1.807) is 0 Å². The summed E-state index contributed by atoms with van der Waals surface area (Å²) in [5, 5.41) is 9.53. The SMILES string of the molecule is CC(O)c1ccc2c(c1)CN(C1CC1)C2. The molecular formula is C13H17NO. The Morgan fingerprint density at radius 2 is 2.00 bits per heavy atom. The van der Waals surface area contributed by atoms with Crippen molar-refractivity contribution in [2.24, 2.45) is 0 Å². The predicted molar refractivity (Wildman–Crippen MR) is 59.3 cm³/mol. The molecule has 0 aromatic heterocycles. The molecule has 3 rings (SSSR count). The fourth-order valence-corrected chi connectivity index (χ4v) is 2.40. The predicted octanol–water partition coefficient (Wildman–Crippen LogP) is 2.22. The topological polar surface area (TPSA) is 23.5 Å². The summed E-state index contributed by atoms with van der Waals surface area (Å²) in [6, 6.07) is 7.24. The van der Waals surface area contributed by atoms with Crippen LogP contribution in [0.4, 0.5) is 0 Å². The molecule has 0 bridgehead atoms. The minimum absolute atomic E-state index is 0.342. The van der Waals surface area contributed by atoms with E-state index in [1.165, 1.54) is 24.0 Å². The molecule has 1 heterocycles. The molecule has 2 heteroatoms. The summed E-state index contributed by atoms with van der Waals surface area (Å²) in [6.07, 6.45) is 2.40. The van der Waals surface area contributed by atoms with Crippen LogP contribution in [0.5, 0.6) is 0 Å². The van der Waals surface area contributed by atoms with Gasteiger partial charge in [0.15, 0.2) is 0 Å². The maximum Gasteiger partial charge on any atom is 0.0762 e. The third-order valence-electron chi connectivity index (χ3n) is 3.52. The number of aliphatic hydroxyl groups excluding tert-OH is 1. The second-order valence-electron chi connectivity index (χ2n) is 4.84. The Balaban J connectivity index is 1.86. The summed E-state index contributed by atoms with van der Waals surface area (Å²) in [5.74, 6) is 0. The van der Waals surface area contributed by atoms with E-state index in [9.17, 15) is 5.11 Å². The zero-order valence-electron chi connectivity index (χ0n) is 9.11. The highest BCUT2D eigenvalue weighted by Gasteiger charge is 2.32. The first-order valence-corrected chi connectivity index (χ1v) is 5.78. The van der Waals surface area contributed by atoms with Crippen molar-refractivity contribution in [3.05, 3.63) is 34.9 Å². The molecule has 2 nitrogen and oxygen atoms in total. The lowest BCUT2D eigenvalue weighted by Crippen LogP contribution is -2.18. The molecule has 0 saturated heterocycles. The van der Waals surface area contributed by atoms with Crippen molar-refractivity contribution in [2.45, 2.75) is 45.0 Å². The lowest BCUT2D eigenvalue weighted by Gasteiger charge is -2.12. The molecule has 1 unspecified atom stereocenters. The average molecular weight is 203 g/mol. The molecule has 1 saturated carbocycles. The van der Waals surface area contributed by atoms with Gasteiger partial charge < -0.3 is 5.11 Å². The zero-order valence-corrected chi connectivity index (χ0v) is 9.11. The molecule has 1 aromatic rings. The first-order chi connectivity index (χ1) is 7.24. The van der Waals surface area contributed by atoms with Gasteiger partial charge in [-0.25, -0.2) is 0 Å². The molecule has 80 valence electrons. The fourth-order valence-electron chi connectivity index (χ4n) is 2.40. The van der Waals surface area contributed by atoms with Crippen molar-refractivity contribution in [3.8, 4) is 0 Å². The average Bonchev–Trinajstić information content (AvgIpc) is 2.97. The molecular weight excluding hydrogens is 186 g/mol. The Bertz CT molecular complexity index is 382. The summed E-state index contributed by atoms with van der Waals surface area (Å²) in [4.78, 5) is 2.55. The number of rotatable bonds is 2. The number of fused-ring (bicyclic) bond motifs is 1. The fraction of sp³-hybridized carbons (Fsp3) is 0.538. The van der Waals surface area contributed by atoms with Crippen LogP contribution in [0.1, 0.15) is 42.6 Å². The molecule has 1 N–H and O–H groups in total. The van der Waals surface area contributed by atoms with E-state index in [-0.39, 0.29) is 6.10 Å². The van der Waals surface area contributed by atoms with Gasteiger partial charge in [-0.15, -0.1) is 0 Å². The van der Waals surface area contributed by atoms with Crippen LogP contribution >= 0.6 is 0 Å².